The first kappa shape index (κ1) is 15.6. The Morgan fingerprint density at radius 3 is 2.29 bits per heavy atom. The molecule has 0 unspecified atom stereocenters. The molecule has 6 heteroatoms. The number of benzene rings is 2. The molecular weight excluding hydrogens is 304 g/mol. The molecule has 3 rings (SSSR count). The molecule has 1 aromatic heterocycles. The summed E-state index contributed by atoms with van der Waals surface area (Å²) in [5.41, 5.74) is 3.47. The van der Waals surface area contributed by atoms with Crippen LogP contribution in [0.15, 0.2) is 65.7 Å². The lowest BCUT2D eigenvalue weighted by Gasteiger charge is -2.09. The van der Waals surface area contributed by atoms with Crippen LogP contribution in [-0.2, 0) is 0 Å². The lowest BCUT2D eigenvalue weighted by atomic mass is 10.2. The maximum absolute atomic E-state index is 10.8. The zero-order valence-corrected chi connectivity index (χ0v) is 13.4. The van der Waals surface area contributed by atoms with E-state index in [4.69, 9.17) is 0 Å². The first-order valence-electron chi connectivity index (χ1n) is 7.47. The SMILES string of the molecule is Cc1cc(C)n(C(=Nc2ccc([N+](=O)[O-])cc2)c2ccccc2)n1. The van der Waals surface area contributed by atoms with Crippen LogP contribution in [0, 0.1) is 24.0 Å². The fourth-order valence-electron chi connectivity index (χ4n) is 2.44. The summed E-state index contributed by atoms with van der Waals surface area (Å²) in [4.78, 5) is 15.0. The van der Waals surface area contributed by atoms with E-state index in [-0.39, 0.29) is 5.69 Å². The molecule has 1 heterocycles. The van der Waals surface area contributed by atoms with Gasteiger partial charge in [0.05, 0.1) is 16.3 Å². The number of hydrogen-bond donors (Lipinski definition) is 0. The summed E-state index contributed by atoms with van der Waals surface area (Å²) < 4.78 is 1.78. The van der Waals surface area contributed by atoms with Crippen LogP contribution in [0.4, 0.5) is 11.4 Å². The summed E-state index contributed by atoms with van der Waals surface area (Å²) in [6.45, 7) is 3.90. The van der Waals surface area contributed by atoms with Crippen molar-refractivity contribution in [3.63, 3.8) is 0 Å². The van der Waals surface area contributed by atoms with Gasteiger partial charge in [0.1, 0.15) is 0 Å². The highest BCUT2D eigenvalue weighted by molar-refractivity contribution is 6.01. The van der Waals surface area contributed by atoms with Crippen LogP contribution < -0.4 is 0 Å². The minimum absolute atomic E-state index is 0.0429. The van der Waals surface area contributed by atoms with E-state index in [1.165, 1.54) is 12.1 Å². The number of aliphatic imine (C=N–C) groups is 1. The van der Waals surface area contributed by atoms with Crippen LogP contribution in [0.3, 0.4) is 0 Å². The molecule has 0 saturated carbocycles. The van der Waals surface area contributed by atoms with Gasteiger partial charge in [-0.3, -0.25) is 10.1 Å². The Bertz CT molecular complexity index is 897. The Hall–Kier alpha value is -3.28. The van der Waals surface area contributed by atoms with Crippen molar-refractivity contribution in [2.45, 2.75) is 13.8 Å². The van der Waals surface area contributed by atoms with Crippen molar-refractivity contribution in [1.29, 1.82) is 0 Å². The third-order valence-corrected chi connectivity index (χ3v) is 3.54. The van der Waals surface area contributed by atoms with Gasteiger partial charge in [0.25, 0.3) is 5.69 Å². The molecule has 0 fully saturated rings. The molecule has 0 aliphatic rings. The second kappa shape index (κ2) is 6.45. The number of aryl methyl sites for hydroxylation is 2. The molecule has 0 saturated heterocycles. The van der Waals surface area contributed by atoms with Gasteiger partial charge in [-0.1, -0.05) is 30.3 Å². The van der Waals surface area contributed by atoms with E-state index >= 15 is 0 Å². The van der Waals surface area contributed by atoms with Gasteiger partial charge in [-0.2, -0.15) is 5.10 Å². The lowest BCUT2D eigenvalue weighted by Crippen LogP contribution is -2.16. The molecule has 3 aromatic rings. The van der Waals surface area contributed by atoms with Crippen LogP contribution >= 0.6 is 0 Å². The number of nitro benzene ring substituents is 1. The molecule has 0 radical (unpaired) electrons. The predicted octanol–water partition coefficient (Wildman–Crippen LogP) is 4.03. The van der Waals surface area contributed by atoms with Crippen LogP contribution in [-0.4, -0.2) is 20.5 Å². The van der Waals surface area contributed by atoms with Crippen molar-refractivity contribution in [2.24, 2.45) is 4.99 Å². The normalized spacial score (nSPS) is 11.5. The summed E-state index contributed by atoms with van der Waals surface area (Å²) in [5.74, 6) is 0.676. The maximum Gasteiger partial charge on any atom is 0.269 e. The van der Waals surface area contributed by atoms with Gasteiger partial charge < -0.3 is 0 Å². The molecule has 0 spiro atoms. The van der Waals surface area contributed by atoms with Gasteiger partial charge in [0, 0.05) is 23.4 Å². The second-order valence-corrected chi connectivity index (χ2v) is 5.41. The Morgan fingerprint density at radius 1 is 1.08 bits per heavy atom. The zero-order valence-electron chi connectivity index (χ0n) is 13.4. The van der Waals surface area contributed by atoms with Gasteiger partial charge in [0.15, 0.2) is 5.84 Å². The number of non-ortho nitro benzene ring substituents is 1. The largest absolute Gasteiger partial charge is 0.269 e. The smallest absolute Gasteiger partial charge is 0.258 e. The predicted molar refractivity (Wildman–Crippen MR) is 92.8 cm³/mol. The first-order valence-corrected chi connectivity index (χ1v) is 7.47. The summed E-state index contributed by atoms with van der Waals surface area (Å²) in [5, 5.41) is 15.3. The van der Waals surface area contributed by atoms with Gasteiger partial charge in [-0.25, -0.2) is 9.67 Å². The summed E-state index contributed by atoms with van der Waals surface area (Å²) in [6, 6.07) is 17.9. The molecule has 0 aliphatic carbocycles. The van der Waals surface area contributed by atoms with Gasteiger partial charge in [0.2, 0.25) is 0 Å². The van der Waals surface area contributed by atoms with Gasteiger partial charge >= 0.3 is 0 Å². The Kier molecular flexibility index (Phi) is 4.20. The van der Waals surface area contributed by atoms with E-state index in [9.17, 15) is 10.1 Å². The third-order valence-electron chi connectivity index (χ3n) is 3.54. The quantitative estimate of drug-likeness (QED) is 0.316. The Morgan fingerprint density at radius 2 is 1.75 bits per heavy atom. The fourth-order valence-corrected chi connectivity index (χ4v) is 2.44. The fraction of sp³-hybridized carbons (Fsp3) is 0.111. The summed E-state index contributed by atoms with van der Waals surface area (Å²) >= 11 is 0. The average molecular weight is 320 g/mol. The molecule has 2 aromatic carbocycles. The van der Waals surface area contributed by atoms with Crippen LogP contribution in [0.5, 0.6) is 0 Å². The number of nitrogens with zero attached hydrogens (tertiary/aromatic N) is 4. The van der Waals surface area contributed by atoms with Crippen LogP contribution in [0.1, 0.15) is 17.0 Å². The standard InChI is InChI=1S/C18H16N4O2/c1-13-12-14(2)21(20-13)18(15-6-4-3-5-7-15)19-16-8-10-17(11-9-16)22(23)24/h3-12H,1-2H3. The molecule has 24 heavy (non-hydrogen) atoms. The molecule has 0 N–H and O–H groups in total. The monoisotopic (exact) mass is 320 g/mol. The summed E-state index contributed by atoms with van der Waals surface area (Å²) in [7, 11) is 0. The Labute approximate surface area is 139 Å². The average Bonchev–Trinajstić information content (AvgIpc) is 2.92. The lowest BCUT2D eigenvalue weighted by molar-refractivity contribution is -0.384. The zero-order chi connectivity index (χ0) is 17.1. The molecular formula is C18H16N4O2. The topological polar surface area (TPSA) is 73.3 Å². The number of nitro groups is 1. The highest BCUT2D eigenvalue weighted by atomic mass is 16.6. The van der Waals surface area contributed by atoms with Gasteiger partial charge in [-0.05, 0) is 32.0 Å². The van der Waals surface area contributed by atoms with E-state index < -0.39 is 4.92 Å². The first-order chi connectivity index (χ1) is 11.5. The van der Waals surface area contributed by atoms with Crippen molar-refractivity contribution in [3.8, 4) is 0 Å². The van der Waals surface area contributed by atoms with Gasteiger partial charge in [-0.15, -0.1) is 0 Å². The highest BCUT2D eigenvalue weighted by Gasteiger charge is 2.12. The number of rotatable bonds is 3. The Balaban J connectivity index is 2.11. The molecule has 6 nitrogen and oxygen atoms in total. The van der Waals surface area contributed by atoms with Crippen molar-refractivity contribution in [2.75, 3.05) is 0 Å². The van der Waals surface area contributed by atoms with Crippen molar-refractivity contribution < 1.29 is 4.92 Å². The van der Waals surface area contributed by atoms with E-state index in [2.05, 4.69) is 10.1 Å². The van der Waals surface area contributed by atoms with E-state index in [0.29, 0.717) is 11.5 Å². The van der Waals surface area contributed by atoms with Crippen molar-refractivity contribution in [3.05, 3.63) is 87.7 Å². The highest BCUT2D eigenvalue weighted by Crippen LogP contribution is 2.20. The van der Waals surface area contributed by atoms with Crippen molar-refractivity contribution >= 4 is 17.2 Å². The van der Waals surface area contributed by atoms with E-state index in [0.717, 1.165) is 17.0 Å². The molecule has 0 amide bonds. The molecule has 0 aliphatic heterocycles. The molecule has 0 bridgehead atoms. The number of aromatic nitrogens is 2. The summed E-state index contributed by atoms with van der Waals surface area (Å²) in [6.07, 6.45) is 0. The minimum Gasteiger partial charge on any atom is -0.258 e. The molecule has 0 atom stereocenters. The maximum atomic E-state index is 10.8. The second-order valence-electron chi connectivity index (χ2n) is 5.41. The van der Waals surface area contributed by atoms with E-state index in [1.54, 1.807) is 16.8 Å². The van der Waals surface area contributed by atoms with E-state index in [1.807, 2.05) is 50.2 Å². The number of hydrogen-bond acceptors (Lipinski definition) is 4. The molecule has 120 valence electrons. The third kappa shape index (κ3) is 3.22. The van der Waals surface area contributed by atoms with Crippen LogP contribution in [0.2, 0.25) is 0 Å². The van der Waals surface area contributed by atoms with Crippen molar-refractivity contribution in [1.82, 2.24) is 9.78 Å². The van der Waals surface area contributed by atoms with Crippen LogP contribution in [0.25, 0.3) is 0 Å². The minimum atomic E-state index is -0.424.